The van der Waals surface area contributed by atoms with Gasteiger partial charge in [0.1, 0.15) is 0 Å². The van der Waals surface area contributed by atoms with Gasteiger partial charge in [-0.1, -0.05) is 0 Å². The van der Waals surface area contributed by atoms with Gasteiger partial charge in [-0.2, -0.15) is 5.10 Å². The average molecular weight is 291 g/mol. The molecule has 3 rings (SSSR count). The van der Waals surface area contributed by atoms with Gasteiger partial charge in [-0.15, -0.1) is 0 Å². The number of hydrogen-bond donors (Lipinski definition) is 0. The number of rotatable bonds is 3. The molecule has 2 amide bonds. The second-order valence-corrected chi connectivity index (χ2v) is 6.32. The van der Waals surface area contributed by atoms with Crippen LogP contribution in [0.25, 0.3) is 0 Å². The van der Waals surface area contributed by atoms with Gasteiger partial charge in [-0.3, -0.25) is 14.3 Å². The summed E-state index contributed by atoms with van der Waals surface area (Å²) in [5.41, 5.74) is 0.490. The molecule has 0 bridgehead atoms. The third kappa shape index (κ3) is 2.31. The van der Waals surface area contributed by atoms with Crippen LogP contribution in [0.3, 0.4) is 0 Å². The number of amides is 2. The monoisotopic (exact) mass is 291 g/mol. The molecule has 2 aliphatic heterocycles. The lowest BCUT2D eigenvalue weighted by molar-refractivity contribution is -0.154. The van der Waals surface area contributed by atoms with E-state index in [9.17, 15) is 9.59 Å². The van der Waals surface area contributed by atoms with E-state index in [1.54, 1.807) is 24.1 Å². The molecule has 0 atom stereocenters. The first-order valence-electron chi connectivity index (χ1n) is 7.14. The molecule has 1 spiro atoms. The lowest BCUT2D eigenvalue weighted by Crippen LogP contribution is -2.78. The molecule has 114 valence electrons. The van der Waals surface area contributed by atoms with Crippen LogP contribution < -0.4 is 0 Å². The number of nitrogens with zero attached hydrogens (tertiary/aromatic N) is 5. The zero-order valence-electron chi connectivity index (χ0n) is 12.7. The Hall–Kier alpha value is -1.89. The van der Waals surface area contributed by atoms with E-state index < -0.39 is 0 Å². The Morgan fingerprint density at radius 2 is 2.10 bits per heavy atom. The predicted molar refractivity (Wildman–Crippen MR) is 76.7 cm³/mol. The Labute approximate surface area is 124 Å². The average Bonchev–Trinajstić information content (AvgIpc) is 2.71. The summed E-state index contributed by atoms with van der Waals surface area (Å²) in [7, 11) is 5.57. The van der Waals surface area contributed by atoms with Crippen LogP contribution in [-0.4, -0.2) is 82.1 Å². The number of aryl methyl sites for hydroxylation is 1. The summed E-state index contributed by atoms with van der Waals surface area (Å²) >= 11 is 0. The van der Waals surface area contributed by atoms with E-state index in [0.717, 1.165) is 13.0 Å². The number of carbonyl (C=O) groups is 2. The molecule has 7 nitrogen and oxygen atoms in total. The van der Waals surface area contributed by atoms with Gasteiger partial charge in [-0.25, -0.2) is 0 Å². The fourth-order valence-electron chi connectivity index (χ4n) is 3.08. The van der Waals surface area contributed by atoms with Gasteiger partial charge in [0.2, 0.25) is 5.91 Å². The molecule has 2 saturated heterocycles. The van der Waals surface area contributed by atoms with Gasteiger partial charge in [0, 0.05) is 32.9 Å². The molecular formula is C14H21N5O2. The van der Waals surface area contributed by atoms with Gasteiger partial charge in [0.25, 0.3) is 5.91 Å². The Morgan fingerprint density at radius 1 is 1.38 bits per heavy atom. The highest BCUT2D eigenvalue weighted by Crippen LogP contribution is 2.40. The first-order valence-corrected chi connectivity index (χ1v) is 7.14. The smallest absolute Gasteiger partial charge is 0.257 e. The van der Waals surface area contributed by atoms with E-state index in [1.165, 1.54) is 0 Å². The lowest BCUT2D eigenvalue weighted by atomic mass is 9.77. The molecule has 1 aromatic rings. The Kier molecular flexibility index (Phi) is 3.24. The van der Waals surface area contributed by atoms with Crippen LogP contribution in [0.4, 0.5) is 0 Å². The third-order valence-electron chi connectivity index (χ3n) is 4.34. The minimum absolute atomic E-state index is 0.0223. The molecule has 0 unspecified atom stereocenters. The van der Waals surface area contributed by atoms with Gasteiger partial charge >= 0.3 is 0 Å². The van der Waals surface area contributed by atoms with Gasteiger partial charge < -0.3 is 14.7 Å². The zero-order chi connectivity index (χ0) is 15.2. The molecular weight excluding hydrogens is 270 g/mol. The van der Waals surface area contributed by atoms with E-state index in [0.29, 0.717) is 25.2 Å². The lowest BCUT2D eigenvalue weighted by Gasteiger charge is -2.62. The van der Waals surface area contributed by atoms with Crippen molar-refractivity contribution in [3.05, 3.63) is 18.0 Å². The molecule has 1 aromatic heterocycles. The molecule has 3 heterocycles. The fraction of sp³-hybridized carbons (Fsp3) is 0.643. The summed E-state index contributed by atoms with van der Waals surface area (Å²) in [4.78, 5) is 30.0. The Bertz CT molecular complexity index is 574. The maximum atomic E-state index is 12.5. The normalized spacial score (nSPS) is 19.6. The van der Waals surface area contributed by atoms with Crippen molar-refractivity contribution in [3.8, 4) is 0 Å². The summed E-state index contributed by atoms with van der Waals surface area (Å²) in [6, 6.07) is 0. The van der Waals surface area contributed by atoms with Crippen LogP contribution in [-0.2, 0) is 11.8 Å². The standard InChI is InChI=1S/C14H21N5O2/c1-16(2)8-12(20)18-9-14(10-18)4-5-19(14)13(21)11-6-15-17(3)7-11/h6-7H,4-5,8-10H2,1-3H3. The predicted octanol–water partition coefficient (Wildman–Crippen LogP) is -0.591. The van der Waals surface area contributed by atoms with Crippen LogP contribution in [0.2, 0.25) is 0 Å². The number of likely N-dealkylation sites (N-methyl/N-ethyl adjacent to an activating group) is 1. The van der Waals surface area contributed by atoms with Crippen LogP contribution >= 0.6 is 0 Å². The third-order valence-corrected chi connectivity index (χ3v) is 4.34. The van der Waals surface area contributed by atoms with Gasteiger partial charge in [0.05, 0.1) is 23.8 Å². The quantitative estimate of drug-likeness (QED) is 0.747. The second kappa shape index (κ2) is 4.84. The van der Waals surface area contributed by atoms with Crippen LogP contribution in [0, 0.1) is 0 Å². The highest BCUT2D eigenvalue weighted by atomic mass is 16.2. The number of likely N-dealkylation sites (tertiary alicyclic amines) is 2. The van der Waals surface area contributed by atoms with Crippen molar-refractivity contribution in [2.75, 3.05) is 40.3 Å². The number of hydrogen-bond acceptors (Lipinski definition) is 4. The van der Waals surface area contributed by atoms with E-state index in [2.05, 4.69) is 5.10 Å². The van der Waals surface area contributed by atoms with E-state index in [1.807, 2.05) is 28.8 Å². The van der Waals surface area contributed by atoms with E-state index in [-0.39, 0.29) is 17.4 Å². The van der Waals surface area contributed by atoms with Gasteiger partial charge in [0.15, 0.2) is 0 Å². The Morgan fingerprint density at radius 3 is 2.57 bits per heavy atom. The Balaban J connectivity index is 1.61. The molecule has 21 heavy (non-hydrogen) atoms. The minimum atomic E-state index is -0.130. The zero-order valence-corrected chi connectivity index (χ0v) is 12.7. The van der Waals surface area contributed by atoms with Crippen molar-refractivity contribution < 1.29 is 9.59 Å². The number of carbonyl (C=O) groups excluding carboxylic acids is 2. The van der Waals surface area contributed by atoms with Crippen molar-refractivity contribution in [1.29, 1.82) is 0 Å². The fourth-order valence-corrected chi connectivity index (χ4v) is 3.08. The number of aromatic nitrogens is 2. The molecule has 0 radical (unpaired) electrons. The summed E-state index contributed by atoms with van der Waals surface area (Å²) in [5.74, 6) is 0.153. The summed E-state index contributed by atoms with van der Waals surface area (Å²) in [6.45, 7) is 2.51. The van der Waals surface area contributed by atoms with Crippen molar-refractivity contribution in [2.45, 2.75) is 12.0 Å². The molecule has 0 saturated carbocycles. The molecule has 2 aliphatic rings. The molecule has 0 N–H and O–H groups in total. The van der Waals surface area contributed by atoms with Gasteiger partial charge in [-0.05, 0) is 20.5 Å². The molecule has 7 heteroatoms. The first-order chi connectivity index (χ1) is 9.91. The van der Waals surface area contributed by atoms with Crippen LogP contribution in [0.5, 0.6) is 0 Å². The second-order valence-electron chi connectivity index (χ2n) is 6.32. The van der Waals surface area contributed by atoms with Crippen molar-refractivity contribution in [1.82, 2.24) is 24.5 Å². The maximum absolute atomic E-state index is 12.5. The largest absolute Gasteiger partial charge is 0.337 e. The highest BCUT2D eigenvalue weighted by Gasteiger charge is 2.56. The molecule has 0 aliphatic carbocycles. The van der Waals surface area contributed by atoms with E-state index >= 15 is 0 Å². The first kappa shape index (κ1) is 14.1. The SMILES string of the molecule is CN(C)CC(=O)N1CC2(CCN2C(=O)c2cnn(C)c2)C1. The molecule has 2 fully saturated rings. The van der Waals surface area contributed by atoms with Crippen molar-refractivity contribution >= 4 is 11.8 Å². The highest BCUT2D eigenvalue weighted by molar-refractivity contribution is 5.95. The van der Waals surface area contributed by atoms with Crippen molar-refractivity contribution in [3.63, 3.8) is 0 Å². The minimum Gasteiger partial charge on any atom is -0.337 e. The summed E-state index contributed by atoms with van der Waals surface area (Å²) in [5, 5.41) is 4.05. The van der Waals surface area contributed by atoms with Crippen LogP contribution in [0.1, 0.15) is 16.8 Å². The topological polar surface area (TPSA) is 61.7 Å². The van der Waals surface area contributed by atoms with Crippen molar-refractivity contribution in [2.24, 2.45) is 7.05 Å². The summed E-state index contributed by atoms with van der Waals surface area (Å²) in [6.07, 6.45) is 4.31. The molecule has 0 aromatic carbocycles. The van der Waals surface area contributed by atoms with Crippen LogP contribution in [0.15, 0.2) is 12.4 Å². The maximum Gasteiger partial charge on any atom is 0.257 e. The van der Waals surface area contributed by atoms with E-state index in [4.69, 9.17) is 0 Å². The summed E-state index contributed by atoms with van der Waals surface area (Å²) < 4.78 is 1.63.